The Morgan fingerprint density at radius 1 is 1.21 bits per heavy atom. The van der Waals surface area contributed by atoms with Crippen molar-refractivity contribution >= 4 is 28.5 Å². The fraction of sp³-hybridized carbons (Fsp3) is 0.158. The van der Waals surface area contributed by atoms with E-state index in [9.17, 15) is 9.18 Å². The van der Waals surface area contributed by atoms with Crippen LogP contribution < -0.4 is 0 Å². The van der Waals surface area contributed by atoms with Gasteiger partial charge in [0.25, 0.3) is 0 Å². The number of benzene rings is 2. The van der Waals surface area contributed by atoms with Crippen molar-refractivity contribution in [1.82, 2.24) is 4.98 Å². The molecule has 0 aliphatic rings. The monoisotopic (exact) mass is 343 g/mol. The van der Waals surface area contributed by atoms with Crippen molar-refractivity contribution in [3.05, 3.63) is 64.6 Å². The summed E-state index contributed by atoms with van der Waals surface area (Å²) < 4.78 is 18.3. The predicted octanol–water partition coefficient (Wildman–Crippen LogP) is 5.18. The van der Waals surface area contributed by atoms with Crippen LogP contribution in [-0.4, -0.2) is 17.6 Å². The fourth-order valence-electron chi connectivity index (χ4n) is 2.60. The van der Waals surface area contributed by atoms with Crippen LogP contribution in [0.15, 0.2) is 42.5 Å². The Kier molecular flexibility index (Phi) is 4.49. The number of aryl methyl sites for hydroxylation is 1. The highest BCUT2D eigenvalue weighted by molar-refractivity contribution is 6.35. The Labute approximate surface area is 144 Å². The van der Waals surface area contributed by atoms with E-state index < -0.39 is 5.97 Å². The minimum Gasteiger partial charge on any atom is -0.462 e. The van der Waals surface area contributed by atoms with Gasteiger partial charge in [0, 0.05) is 10.9 Å². The molecular formula is C19H15ClFNO2. The van der Waals surface area contributed by atoms with E-state index in [4.69, 9.17) is 16.3 Å². The molecule has 0 atom stereocenters. The molecule has 2 aromatic carbocycles. The molecule has 0 spiro atoms. The molecule has 0 aliphatic heterocycles. The molecule has 0 bridgehead atoms. The van der Waals surface area contributed by atoms with Crippen LogP contribution in [-0.2, 0) is 4.74 Å². The molecule has 0 amide bonds. The maximum Gasteiger partial charge on any atom is 0.338 e. The third-order valence-corrected chi connectivity index (χ3v) is 4.20. The minimum absolute atomic E-state index is 0.300. The molecule has 0 N–H and O–H groups in total. The molecule has 3 nitrogen and oxygen atoms in total. The largest absolute Gasteiger partial charge is 0.462 e. The molecular weight excluding hydrogens is 329 g/mol. The second-order valence-corrected chi connectivity index (χ2v) is 5.72. The molecule has 5 heteroatoms. The number of carbonyl (C=O) groups excluding carboxylic acids is 1. The summed E-state index contributed by atoms with van der Waals surface area (Å²) in [6, 6.07) is 11.2. The van der Waals surface area contributed by atoms with E-state index in [1.807, 2.05) is 6.92 Å². The predicted molar refractivity (Wildman–Crippen MR) is 92.8 cm³/mol. The smallest absolute Gasteiger partial charge is 0.338 e. The highest BCUT2D eigenvalue weighted by atomic mass is 35.5. The zero-order valence-electron chi connectivity index (χ0n) is 13.3. The van der Waals surface area contributed by atoms with Crippen molar-refractivity contribution in [2.75, 3.05) is 6.61 Å². The van der Waals surface area contributed by atoms with E-state index >= 15 is 0 Å². The lowest BCUT2D eigenvalue weighted by molar-refractivity contribution is 0.0526. The quantitative estimate of drug-likeness (QED) is 0.615. The highest BCUT2D eigenvalue weighted by Gasteiger charge is 2.16. The topological polar surface area (TPSA) is 39.2 Å². The van der Waals surface area contributed by atoms with Gasteiger partial charge in [0.2, 0.25) is 0 Å². The molecule has 1 heterocycles. The zero-order chi connectivity index (χ0) is 17.3. The van der Waals surface area contributed by atoms with Crippen molar-refractivity contribution in [2.45, 2.75) is 13.8 Å². The Hall–Kier alpha value is -2.46. The van der Waals surface area contributed by atoms with Gasteiger partial charge in [-0.15, -0.1) is 0 Å². The number of aromatic nitrogens is 1. The lowest BCUT2D eigenvalue weighted by atomic mass is 9.98. The summed E-state index contributed by atoms with van der Waals surface area (Å²) in [7, 11) is 0. The average Bonchev–Trinajstić information content (AvgIpc) is 2.57. The number of nitrogens with zero attached hydrogens (tertiary/aromatic N) is 1. The molecule has 1 aromatic heterocycles. The second kappa shape index (κ2) is 6.57. The van der Waals surface area contributed by atoms with Gasteiger partial charge in [-0.05, 0) is 49.7 Å². The summed E-state index contributed by atoms with van der Waals surface area (Å²) in [5.41, 5.74) is 3.30. The number of hydrogen-bond donors (Lipinski definition) is 0. The molecule has 3 rings (SSSR count). The van der Waals surface area contributed by atoms with Crippen molar-refractivity contribution in [3.63, 3.8) is 0 Å². The van der Waals surface area contributed by atoms with Gasteiger partial charge in [-0.1, -0.05) is 23.7 Å². The van der Waals surface area contributed by atoms with Crippen molar-refractivity contribution in [1.29, 1.82) is 0 Å². The van der Waals surface area contributed by atoms with Gasteiger partial charge in [0.05, 0.1) is 28.4 Å². The number of pyridine rings is 1. The summed E-state index contributed by atoms with van der Waals surface area (Å²) in [6.07, 6.45) is 0. The molecule has 0 radical (unpaired) electrons. The van der Waals surface area contributed by atoms with Crippen LogP contribution in [0.25, 0.3) is 22.0 Å². The fourth-order valence-corrected chi connectivity index (χ4v) is 2.86. The van der Waals surface area contributed by atoms with Crippen molar-refractivity contribution < 1.29 is 13.9 Å². The lowest BCUT2D eigenvalue weighted by Crippen LogP contribution is -2.04. The molecule has 24 heavy (non-hydrogen) atoms. The minimum atomic E-state index is -0.402. The van der Waals surface area contributed by atoms with Gasteiger partial charge in [-0.2, -0.15) is 0 Å². The number of fused-ring (bicyclic) bond motifs is 1. The number of rotatable bonds is 3. The van der Waals surface area contributed by atoms with Crippen LogP contribution in [0.1, 0.15) is 23.0 Å². The number of ether oxygens (including phenoxy) is 1. The highest BCUT2D eigenvalue weighted by Crippen LogP contribution is 2.36. The zero-order valence-corrected chi connectivity index (χ0v) is 14.0. The first-order valence-corrected chi connectivity index (χ1v) is 7.92. The van der Waals surface area contributed by atoms with Crippen LogP contribution in [0.3, 0.4) is 0 Å². The standard InChI is InChI=1S/C19H15ClFNO2/c1-3-24-19(23)13-6-9-16-15(10-13)17(18(20)11(2)22-16)12-4-7-14(21)8-5-12/h4-10H,3H2,1-2H3. The summed E-state index contributed by atoms with van der Waals surface area (Å²) in [6.45, 7) is 3.87. The normalized spacial score (nSPS) is 10.8. The van der Waals surface area contributed by atoms with E-state index in [1.54, 1.807) is 37.3 Å². The summed E-state index contributed by atoms with van der Waals surface area (Å²) in [4.78, 5) is 16.5. The van der Waals surface area contributed by atoms with Crippen molar-refractivity contribution in [3.8, 4) is 11.1 Å². The van der Waals surface area contributed by atoms with Crippen LogP contribution in [0.4, 0.5) is 4.39 Å². The maximum atomic E-state index is 13.2. The van der Waals surface area contributed by atoms with Crippen LogP contribution in [0.2, 0.25) is 5.02 Å². The number of halogens is 2. The first-order valence-electron chi connectivity index (χ1n) is 7.54. The van der Waals surface area contributed by atoms with E-state index in [0.717, 1.165) is 16.5 Å². The molecule has 0 fully saturated rings. The first-order chi connectivity index (χ1) is 11.5. The van der Waals surface area contributed by atoms with Gasteiger partial charge in [0.15, 0.2) is 0 Å². The van der Waals surface area contributed by atoms with Crippen LogP contribution >= 0.6 is 11.6 Å². The van der Waals surface area contributed by atoms with E-state index in [0.29, 0.717) is 28.4 Å². The van der Waals surface area contributed by atoms with Gasteiger partial charge < -0.3 is 4.74 Å². The Morgan fingerprint density at radius 3 is 2.58 bits per heavy atom. The first kappa shape index (κ1) is 16.4. The molecule has 0 unspecified atom stereocenters. The van der Waals surface area contributed by atoms with E-state index in [-0.39, 0.29) is 5.82 Å². The third-order valence-electron chi connectivity index (χ3n) is 3.74. The molecule has 3 aromatic rings. The summed E-state index contributed by atoms with van der Waals surface area (Å²) in [5, 5.41) is 1.21. The molecule has 0 saturated carbocycles. The van der Waals surface area contributed by atoms with Gasteiger partial charge in [-0.25, -0.2) is 9.18 Å². The van der Waals surface area contributed by atoms with Gasteiger partial charge in [-0.3, -0.25) is 4.98 Å². The summed E-state index contributed by atoms with van der Waals surface area (Å²) in [5.74, 6) is -0.724. The Morgan fingerprint density at radius 2 is 1.92 bits per heavy atom. The van der Waals surface area contributed by atoms with E-state index in [1.165, 1.54) is 12.1 Å². The number of esters is 1. The number of hydrogen-bond acceptors (Lipinski definition) is 3. The molecule has 122 valence electrons. The van der Waals surface area contributed by atoms with Crippen LogP contribution in [0.5, 0.6) is 0 Å². The van der Waals surface area contributed by atoms with Gasteiger partial charge >= 0.3 is 5.97 Å². The Bertz CT molecular complexity index is 923. The third kappa shape index (κ3) is 2.97. The van der Waals surface area contributed by atoms with Crippen molar-refractivity contribution in [2.24, 2.45) is 0 Å². The van der Waals surface area contributed by atoms with Crippen LogP contribution in [0, 0.1) is 12.7 Å². The van der Waals surface area contributed by atoms with Gasteiger partial charge in [0.1, 0.15) is 5.82 Å². The maximum absolute atomic E-state index is 13.2. The molecule has 0 saturated heterocycles. The molecule has 0 aliphatic carbocycles. The number of carbonyl (C=O) groups is 1. The average molecular weight is 344 g/mol. The lowest BCUT2D eigenvalue weighted by Gasteiger charge is -2.12. The summed E-state index contributed by atoms with van der Waals surface area (Å²) >= 11 is 6.47. The Balaban J connectivity index is 2.28. The SMILES string of the molecule is CCOC(=O)c1ccc2nc(C)c(Cl)c(-c3ccc(F)cc3)c2c1. The van der Waals surface area contributed by atoms with E-state index in [2.05, 4.69) is 4.98 Å². The second-order valence-electron chi connectivity index (χ2n) is 5.35.